The maximum atomic E-state index is 12.6. The van der Waals surface area contributed by atoms with Gasteiger partial charge in [0.05, 0.1) is 5.92 Å². The van der Waals surface area contributed by atoms with Crippen molar-refractivity contribution < 1.29 is 13.2 Å². The minimum absolute atomic E-state index is 0.183. The monoisotopic (exact) mass is 285 g/mol. The topological polar surface area (TPSA) is 12.0 Å². The molecule has 1 atom stereocenters. The van der Waals surface area contributed by atoms with E-state index in [9.17, 15) is 13.2 Å². The normalized spacial score (nSPS) is 25.4. The van der Waals surface area contributed by atoms with Crippen LogP contribution in [0.25, 0.3) is 0 Å². The summed E-state index contributed by atoms with van der Waals surface area (Å²) in [6.45, 7) is 4.11. The highest BCUT2D eigenvalue weighted by Crippen LogP contribution is 2.37. The fourth-order valence-corrected chi connectivity index (χ4v) is 2.89. The van der Waals surface area contributed by atoms with Crippen LogP contribution in [-0.2, 0) is 0 Å². The lowest BCUT2D eigenvalue weighted by Gasteiger charge is -2.32. The second-order valence-electron chi connectivity index (χ2n) is 5.89. The van der Waals surface area contributed by atoms with Gasteiger partial charge in [0.15, 0.2) is 0 Å². The van der Waals surface area contributed by atoms with Crippen molar-refractivity contribution in [1.29, 1.82) is 0 Å². The molecule has 0 aliphatic heterocycles. The number of benzene rings is 1. The Hall–Kier alpha value is -1.03. The first kappa shape index (κ1) is 15.4. The molecule has 112 valence electrons. The predicted molar refractivity (Wildman–Crippen MR) is 74.5 cm³/mol. The molecule has 1 aliphatic rings. The molecule has 0 bridgehead atoms. The summed E-state index contributed by atoms with van der Waals surface area (Å²) in [6.07, 6.45) is -2.29. The van der Waals surface area contributed by atoms with Gasteiger partial charge in [0, 0.05) is 12.1 Å². The van der Waals surface area contributed by atoms with Gasteiger partial charge in [-0.1, -0.05) is 29.8 Å². The van der Waals surface area contributed by atoms with Crippen molar-refractivity contribution in [2.45, 2.75) is 57.8 Å². The largest absolute Gasteiger partial charge is 0.391 e. The van der Waals surface area contributed by atoms with E-state index in [1.165, 1.54) is 11.1 Å². The fourth-order valence-electron chi connectivity index (χ4n) is 2.89. The predicted octanol–water partition coefficient (Wildman–Crippen LogP) is 4.77. The fraction of sp³-hybridized carbons (Fsp3) is 0.625. The Morgan fingerprint density at radius 3 is 2.10 bits per heavy atom. The molecule has 0 spiro atoms. The van der Waals surface area contributed by atoms with E-state index in [2.05, 4.69) is 36.5 Å². The van der Waals surface area contributed by atoms with Crippen molar-refractivity contribution in [3.8, 4) is 0 Å². The summed E-state index contributed by atoms with van der Waals surface area (Å²) in [7, 11) is 0. The van der Waals surface area contributed by atoms with Crippen LogP contribution < -0.4 is 5.32 Å². The highest BCUT2D eigenvalue weighted by Gasteiger charge is 2.41. The second-order valence-corrected chi connectivity index (χ2v) is 5.89. The number of alkyl halides is 3. The van der Waals surface area contributed by atoms with Gasteiger partial charge in [-0.3, -0.25) is 0 Å². The van der Waals surface area contributed by atoms with Gasteiger partial charge in [-0.2, -0.15) is 13.2 Å². The summed E-state index contributed by atoms with van der Waals surface area (Å²) in [5.41, 5.74) is 2.40. The summed E-state index contributed by atoms with van der Waals surface area (Å²) in [5.74, 6) is -1.10. The summed E-state index contributed by atoms with van der Waals surface area (Å²) in [5, 5.41) is 3.46. The summed E-state index contributed by atoms with van der Waals surface area (Å²) < 4.78 is 37.8. The van der Waals surface area contributed by atoms with Crippen LogP contribution in [0.4, 0.5) is 13.2 Å². The molecule has 1 fully saturated rings. The Morgan fingerprint density at radius 1 is 1.05 bits per heavy atom. The number of halogens is 3. The van der Waals surface area contributed by atoms with Crippen LogP contribution in [0.2, 0.25) is 0 Å². The van der Waals surface area contributed by atoms with Crippen LogP contribution in [0, 0.1) is 12.8 Å². The third kappa shape index (κ3) is 3.98. The van der Waals surface area contributed by atoms with Crippen LogP contribution in [0.15, 0.2) is 24.3 Å². The molecule has 2 rings (SSSR count). The van der Waals surface area contributed by atoms with Crippen LogP contribution in [0.5, 0.6) is 0 Å². The van der Waals surface area contributed by atoms with E-state index in [-0.39, 0.29) is 24.9 Å². The lowest BCUT2D eigenvalue weighted by Crippen LogP contribution is -2.38. The average molecular weight is 285 g/mol. The van der Waals surface area contributed by atoms with Gasteiger partial charge in [0.25, 0.3) is 0 Å². The Bertz CT molecular complexity index is 416. The van der Waals surface area contributed by atoms with E-state index in [0.29, 0.717) is 12.8 Å². The molecular formula is C16H22F3N. The van der Waals surface area contributed by atoms with E-state index in [0.717, 1.165) is 0 Å². The van der Waals surface area contributed by atoms with Crippen LogP contribution in [0.3, 0.4) is 0 Å². The Labute approximate surface area is 118 Å². The van der Waals surface area contributed by atoms with Gasteiger partial charge in [-0.15, -0.1) is 0 Å². The summed E-state index contributed by atoms with van der Waals surface area (Å²) in [4.78, 5) is 0. The van der Waals surface area contributed by atoms with Crippen molar-refractivity contribution in [3.05, 3.63) is 35.4 Å². The standard InChI is InChI=1S/C16H22F3N/c1-11-3-5-13(6-4-11)12(2)20-15-9-7-14(8-10-15)16(17,18)19/h3-6,12,14-15,20H,7-10H2,1-2H3/t12-,14?,15?/m1/s1. The Morgan fingerprint density at radius 2 is 1.60 bits per heavy atom. The van der Waals surface area contributed by atoms with Crippen molar-refractivity contribution in [3.63, 3.8) is 0 Å². The molecule has 1 nitrogen and oxygen atoms in total. The van der Waals surface area contributed by atoms with Gasteiger partial charge in [0.2, 0.25) is 0 Å². The molecule has 0 amide bonds. The maximum Gasteiger partial charge on any atom is 0.391 e. The molecule has 1 aromatic carbocycles. The highest BCUT2D eigenvalue weighted by atomic mass is 19.4. The third-order valence-electron chi connectivity index (χ3n) is 4.25. The van der Waals surface area contributed by atoms with Crippen LogP contribution in [0.1, 0.15) is 49.8 Å². The molecular weight excluding hydrogens is 263 g/mol. The molecule has 1 aromatic rings. The van der Waals surface area contributed by atoms with E-state index >= 15 is 0 Å². The van der Waals surface area contributed by atoms with Gasteiger partial charge >= 0.3 is 6.18 Å². The third-order valence-corrected chi connectivity index (χ3v) is 4.25. The number of nitrogens with one attached hydrogen (secondary N) is 1. The van der Waals surface area contributed by atoms with Gasteiger partial charge in [-0.05, 0) is 45.1 Å². The maximum absolute atomic E-state index is 12.6. The molecule has 20 heavy (non-hydrogen) atoms. The van der Waals surface area contributed by atoms with Gasteiger partial charge in [0.1, 0.15) is 0 Å². The van der Waals surface area contributed by atoms with E-state index in [4.69, 9.17) is 0 Å². The number of aryl methyl sites for hydroxylation is 1. The Kier molecular flexibility index (Phi) is 4.74. The molecule has 4 heteroatoms. The molecule has 0 unspecified atom stereocenters. The first-order valence-electron chi connectivity index (χ1n) is 7.25. The second kappa shape index (κ2) is 6.17. The molecule has 0 radical (unpaired) electrons. The van der Waals surface area contributed by atoms with E-state index in [1.54, 1.807) is 0 Å². The zero-order valence-electron chi connectivity index (χ0n) is 12.0. The smallest absolute Gasteiger partial charge is 0.307 e. The van der Waals surface area contributed by atoms with E-state index in [1.807, 2.05) is 6.92 Å². The molecule has 0 aromatic heterocycles. The van der Waals surface area contributed by atoms with Gasteiger partial charge in [-0.25, -0.2) is 0 Å². The quantitative estimate of drug-likeness (QED) is 0.843. The number of rotatable bonds is 3. The Balaban J connectivity index is 1.85. The average Bonchev–Trinajstić information content (AvgIpc) is 2.39. The van der Waals surface area contributed by atoms with Gasteiger partial charge < -0.3 is 5.32 Å². The molecule has 1 N–H and O–H groups in total. The molecule has 1 aliphatic carbocycles. The molecule has 1 saturated carbocycles. The zero-order chi connectivity index (χ0) is 14.8. The first-order chi connectivity index (χ1) is 9.36. The molecule has 0 saturated heterocycles. The first-order valence-corrected chi connectivity index (χ1v) is 7.25. The van der Waals surface area contributed by atoms with Crippen molar-refractivity contribution in [1.82, 2.24) is 5.32 Å². The summed E-state index contributed by atoms with van der Waals surface area (Å²) in [6, 6.07) is 8.66. The molecule has 0 heterocycles. The number of hydrogen-bond donors (Lipinski definition) is 1. The highest BCUT2D eigenvalue weighted by molar-refractivity contribution is 5.23. The van der Waals surface area contributed by atoms with Crippen molar-refractivity contribution in [2.75, 3.05) is 0 Å². The van der Waals surface area contributed by atoms with Crippen LogP contribution in [-0.4, -0.2) is 12.2 Å². The van der Waals surface area contributed by atoms with E-state index < -0.39 is 12.1 Å². The SMILES string of the molecule is Cc1ccc([C@@H](C)NC2CCC(C(F)(F)F)CC2)cc1. The minimum Gasteiger partial charge on any atom is -0.307 e. The summed E-state index contributed by atoms with van der Waals surface area (Å²) >= 11 is 0. The number of hydrogen-bond acceptors (Lipinski definition) is 1. The minimum atomic E-state index is -4.02. The lowest BCUT2D eigenvalue weighted by molar-refractivity contribution is -0.182. The lowest BCUT2D eigenvalue weighted by atomic mass is 9.85. The zero-order valence-corrected chi connectivity index (χ0v) is 12.0. The van der Waals surface area contributed by atoms with Crippen molar-refractivity contribution >= 4 is 0 Å². The van der Waals surface area contributed by atoms with Crippen molar-refractivity contribution in [2.24, 2.45) is 5.92 Å². The van der Waals surface area contributed by atoms with Crippen LogP contribution >= 0.6 is 0 Å².